The lowest BCUT2D eigenvalue weighted by Crippen LogP contribution is -2.96. The zero-order chi connectivity index (χ0) is 14.5. The summed E-state index contributed by atoms with van der Waals surface area (Å²) in [5.41, 5.74) is 0.420. The Morgan fingerprint density at radius 3 is 3.10 bits per heavy atom. The number of nitrogens with one attached hydrogen (secondary N) is 2. The van der Waals surface area contributed by atoms with Crippen LogP contribution in [0, 0.1) is 0 Å². The van der Waals surface area contributed by atoms with E-state index in [9.17, 15) is 14.4 Å². The van der Waals surface area contributed by atoms with Crippen LogP contribution in [-0.4, -0.2) is 44.0 Å². The molecule has 8 heteroatoms. The van der Waals surface area contributed by atoms with Crippen molar-refractivity contribution >= 4 is 34.8 Å². The second kappa shape index (κ2) is 6.49. The van der Waals surface area contributed by atoms with E-state index in [4.69, 9.17) is 0 Å². The van der Waals surface area contributed by atoms with Crippen LogP contribution in [-0.2, 0) is 14.3 Å². The van der Waals surface area contributed by atoms with E-state index in [2.05, 4.69) is 15.4 Å². The van der Waals surface area contributed by atoms with E-state index in [1.54, 1.807) is 11.4 Å². The van der Waals surface area contributed by atoms with Crippen LogP contribution in [0.15, 0.2) is 11.4 Å². The number of anilines is 1. The lowest BCUT2D eigenvalue weighted by molar-refractivity contribution is -0.678. The molecule has 1 aliphatic heterocycles. The molecule has 0 unspecified atom stereocenters. The first-order valence-electron chi connectivity index (χ1n) is 6.18. The molecule has 1 aliphatic rings. The summed E-state index contributed by atoms with van der Waals surface area (Å²) in [4.78, 5) is 35.3. The Morgan fingerprint density at radius 1 is 1.60 bits per heavy atom. The number of rotatable bonds is 4. The number of ether oxygens (including phenoxy) is 1. The van der Waals surface area contributed by atoms with Crippen LogP contribution in [0.25, 0.3) is 0 Å². The van der Waals surface area contributed by atoms with Gasteiger partial charge in [-0.25, -0.2) is 4.79 Å². The third-order valence-corrected chi connectivity index (χ3v) is 3.84. The summed E-state index contributed by atoms with van der Waals surface area (Å²) >= 11 is 1.19. The molecule has 1 fully saturated rings. The van der Waals surface area contributed by atoms with Gasteiger partial charge in [0.2, 0.25) is 5.91 Å². The third kappa shape index (κ3) is 3.34. The number of piperazine rings is 1. The quantitative estimate of drug-likeness (QED) is 0.616. The van der Waals surface area contributed by atoms with Crippen molar-refractivity contribution in [2.75, 3.05) is 25.5 Å². The number of nitrogens with two attached hydrogens (primary N) is 1. The molecule has 2 rings (SSSR count). The number of amides is 2. The first-order valence-corrected chi connectivity index (χ1v) is 7.06. The van der Waals surface area contributed by atoms with Crippen LogP contribution < -0.4 is 16.0 Å². The molecule has 1 atom stereocenters. The predicted octanol–water partition coefficient (Wildman–Crippen LogP) is -1.07. The van der Waals surface area contributed by atoms with Crippen molar-refractivity contribution in [1.29, 1.82) is 0 Å². The van der Waals surface area contributed by atoms with Crippen molar-refractivity contribution in [2.45, 2.75) is 12.5 Å². The Labute approximate surface area is 119 Å². The zero-order valence-electron chi connectivity index (χ0n) is 11.0. The fraction of sp³-hybridized carbons (Fsp3) is 0.417. The molecule has 1 aromatic rings. The molecule has 0 radical (unpaired) electrons. The maximum Gasteiger partial charge on any atom is 0.350 e. The molecular weight excluding hydrogens is 282 g/mol. The van der Waals surface area contributed by atoms with Crippen molar-refractivity contribution in [3.8, 4) is 0 Å². The number of hydrogen-bond acceptors (Lipinski definition) is 5. The molecule has 0 aliphatic carbocycles. The lowest BCUT2D eigenvalue weighted by atomic mass is 10.1. The van der Waals surface area contributed by atoms with Crippen LogP contribution in [0.1, 0.15) is 16.1 Å². The molecule has 4 N–H and O–H groups in total. The van der Waals surface area contributed by atoms with Gasteiger partial charge in [0.15, 0.2) is 6.04 Å². The Morgan fingerprint density at radius 2 is 2.40 bits per heavy atom. The molecule has 0 aromatic carbocycles. The van der Waals surface area contributed by atoms with Gasteiger partial charge >= 0.3 is 5.97 Å². The van der Waals surface area contributed by atoms with Gasteiger partial charge in [-0.2, -0.15) is 0 Å². The highest BCUT2D eigenvalue weighted by atomic mass is 32.1. The minimum Gasteiger partial charge on any atom is -0.465 e. The van der Waals surface area contributed by atoms with Gasteiger partial charge in [-0.05, 0) is 11.4 Å². The van der Waals surface area contributed by atoms with Gasteiger partial charge in [0.1, 0.15) is 4.88 Å². The van der Waals surface area contributed by atoms with E-state index in [0.717, 1.165) is 6.54 Å². The molecule has 0 spiro atoms. The van der Waals surface area contributed by atoms with Crippen LogP contribution in [0.3, 0.4) is 0 Å². The summed E-state index contributed by atoms with van der Waals surface area (Å²) < 4.78 is 4.63. The molecule has 108 valence electrons. The number of carbonyl (C=O) groups is 3. The van der Waals surface area contributed by atoms with Gasteiger partial charge in [0.05, 0.1) is 32.3 Å². The molecule has 1 saturated heterocycles. The number of thiophene rings is 1. The highest BCUT2D eigenvalue weighted by Gasteiger charge is 2.28. The number of quaternary nitrogens is 1. The molecule has 7 nitrogen and oxygen atoms in total. The van der Waals surface area contributed by atoms with Crippen molar-refractivity contribution in [3.05, 3.63) is 16.3 Å². The predicted molar refractivity (Wildman–Crippen MR) is 72.5 cm³/mol. The van der Waals surface area contributed by atoms with Gasteiger partial charge in [-0.1, -0.05) is 0 Å². The summed E-state index contributed by atoms with van der Waals surface area (Å²) in [6, 6.07) is 1.23. The fourth-order valence-corrected chi connectivity index (χ4v) is 2.72. The molecule has 2 amide bonds. The maximum atomic E-state index is 11.9. The van der Waals surface area contributed by atoms with E-state index in [1.807, 2.05) is 5.32 Å². The van der Waals surface area contributed by atoms with Crippen LogP contribution in [0.2, 0.25) is 0 Å². The van der Waals surface area contributed by atoms with E-state index < -0.39 is 12.0 Å². The number of carbonyl (C=O) groups excluding carboxylic acids is 3. The average molecular weight is 298 g/mol. The van der Waals surface area contributed by atoms with Crippen molar-refractivity contribution in [1.82, 2.24) is 5.32 Å². The van der Waals surface area contributed by atoms with Gasteiger partial charge in [0.25, 0.3) is 5.91 Å². The fourth-order valence-electron chi connectivity index (χ4n) is 1.95. The number of esters is 1. The lowest BCUT2D eigenvalue weighted by Gasteiger charge is -2.19. The molecule has 0 saturated carbocycles. The maximum absolute atomic E-state index is 11.9. The Kier molecular flexibility index (Phi) is 4.70. The zero-order valence-corrected chi connectivity index (χ0v) is 11.8. The first-order chi connectivity index (χ1) is 9.61. The largest absolute Gasteiger partial charge is 0.465 e. The second-order valence-corrected chi connectivity index (χ2v) is 5.25. The van der Waals surface area contributed by atoms with Crippen molar-refractivity contribution < 1.29 is 24.4 Å². The van der Waals surface area contributed by atoms with Gasteiger partial charge in [-0.15, -0.1) is 11.3 Å². The summed E-state index contributed by atoms with van der Waals surface area (Å²) in [7, 11) is 1.29. The Balaban J connectivity index is 1.96. The van der Waals surface area contributed by atoms with Crippen LogP contribution in [0.4, 0.5) is 5.69 Å². The van der Waals surface area contributed by atoms with Crippen molar-refractivity contribution in [3.63, 3.8) is 0 Å². The summed E-state index contributed by atoms with van der Waals surface area (Å²) in [5, 5.41) is 8.89. The highest BCUT2D eigenvalue weighted by Crippen LogP contribution is 2.23. The van der Waals surface area contributed by atoms with Gasteiger partial charge in [-0.3, -0.25) is 9.59 Å². The molecular formula is C12H16N3O4S+. The summed E-state index contributed by atoms with van der Waals surface area (Å²) in [6.07, 6.45) is 0.0717. The standard InChI is InChI=1S/C12H15N3O4S/c1-19-12(18)10-7(2-5-20-10)15-9(16)6-8-11(17)14-4-3-13-8/h2,5,8,13H,3-4,6H2,1H3,(H,14,17)(H,15,16)/p+1/t8-/m1/s1. The van der Waals surface area contributed by atoms with Crippen molar-refractivity contribution in [2.24, 2.45) is 0 Å². The van der Waals surface area contributed by atoms with Crippen LogP contribution >= 0.6 is 11.3 Å². The molecule has 20 heavy (non-hydrogen) atoms. The highest BCUT2D eigenvalue weighted by molar-refractivity contribution is 7.12. The van der Waals surface area contributed by atoms with Crippen LogP contribution in [0.5, 0.6) is 0 Å². The second-order valence-electron chi connectivity index (χ2n) is 4.33. The summed E-state index contributed by atoms with van der Waals surface area (Å²) in [6.45, 7) is 1.38. The molecule has 0 bridgehead atoms. The smallest absolute Gasteiger partial charge is 0.350 e. The number of hydrogen-bond donors (Lipinski definition) is 3. The Bertz CT molecular complexity index is 529. The Hall–Kier alpha value is -1.93. The van der Waals surface area contributed by atoms with E-state index in [1.165, 1.54) is 18.4 Å². The summed E-state index contributed by atoms with van der Waals surface area (Å²) in [5.74, 6) is -0.922. The van der Waals surface area contributed by atoms with E-state index >= 15 is 0 Å². The minimum absolute atomic E-state index is 0.0717. The SMILES string of the molecule is COC(=O)c1sccc1NC(=O)C[C@H]1[NH2+]CCNC1=O. The van der Waals surface area contributed by atoms with Gasteiger partial charge < -0.3 is 20.7 Å². The third-order valence-electron chi connectivity index (χ3n) is 2.95. The number of methoxy groups -OCH3 is 1. The average Bonchev–Trinajstić information content (AvgIpc) is 2.88. The van der Waals surface area contributed by atoms with E-state index in [-0.39, 0.29) is 18.2 Å². The molecule has 1 aromatic heterocycles. The van der Waals surface area contributed by atoms with E-state index in [0.29, 0.717) is 17.1 Å². The first kappa shape index (κ1) is 14.5. The normalized spacial score (nSPS) is 18.2. The monoisotopic (exact) mass is 298 g/mol. The van der Waals surface area contributed by atoms with Gasteiger partial charge in [0, 0.05) is 0 Å². The minimum atomic E-state index is -0.489. The molecule has 2 heterocycles. The topological polar surface area (TPSA) is 101 Å².